The Morgan fingerprint density at radius 3 is 2.65 bits per heavy atom. The zero-order chi connectivity index (χ0) is 14.1. The van der Waals surface area contributed by atoms with Crippen LogP contribution in [0.4, 0.5) is 5.69 Å². The van der Waals surface area contributed by atoms with Crippen molar-refractivity contribution in [2.45, 2.75) is 25.8 Å². The van der Waals surface area contributed by atoms with Gasteiger partial charge in [0.2, 0.25) is 5.91 Å². The van der Waals surface area contributed by atoms with E-state index in [9.17, 15) is 9.90 Å². The number of carbonyl (C=O) groups excluding carboxylic acids is 1. The molecule has 3 nitrogen and oxygen atoms in total. The Morgan fingerprint density at radius 1 is 1.20 bits per heavy atom. The average Bonchev–Trinajstić information content (AvgIpc) is 2.77. The molecule has 102 valence electrons. The highest BCUT2D eigenvalue weighted by atomic mass is 16.3. The van der Waals surface area contributed by atoms with Crippen LogP contribution < -0.4 is 4.90 Å². The first kappa shape index (κ1) is 12.7. The van der Waals surface area contributed by atoms with Gasteiger partial charge in [-0.3, -0.25) is 4.79 Å². The van der Waals surface area contributed by atoms with E-state index in [1.165, 1.54) is 5.56 Å². The molecule has 0 aliphatic carbocycles. The van der Waals surface area contributed by atoms with Crippen molar-refractivity contribution >= 4 is 11.6 Å². The number of anilines is 1. The summed E-state index contributed by atoms with van der Waals surface area (Å²) in [4.78, 5) is 14.4. The van der Waals surface area contributed by atoms with Crippen molar-refractivity contribution in [3.8, 4) is 5.75 Å². The Balaban J connectivity index is 1.82. The van der Waals surface area contributed by atoms with Gasteiger partial charge in [0.15, 0.2) is 0 Å². The van der Waals surface area contributed by atoms with Crippen molar-refractivity contribution in [2.24, 2.45) is 0 Å². The zero-order valence-electron chi connectivity index (χ0n) is 11.4. The molecule has 0 fully saturated rings. The molecule has 0 saturated carbocycles. The molecule has 1 aliphatic rings. The number of aromatic hydroxyl groups is 1. The second-order valence-electron chi connectivity index (χ2n) is 5.29. The minimum atomic E-state index is 0.105. The maximum atomic E-state index is 12.5. The summed E-state index contributed by atoms with van der Waals surface area (Å²) in [6, 6.07) is 15.1. The van der Waals surface area contributed by atoms with Gasteiger partial charge in [0.25, 0.3) is 0 Å². The summed E-state index contributed by atoms with van der Waals surface area (Å²) in [6.07, 6.45) is 1.27. The van der Waals surface area contributed by atoms with E-state index >= 15 is 0 Å². The number of rotatable bonds is 2. The van der Waals surface area contributed by atoms with Crippen LogP contribution in [0.1, 0.15) is 18.1 Å². The zero-order valence-corrected chi connectivity index (χ0v) is 11.4. The quantitative estimate of drug-likeness (QED) is 0.909. The fourth-order valence-corrected chi connectivity index (χ4v) is 2.82. The third-order valence-corrected chi connectivity index (χ3v) is 3.77. The number of hydrogen-bond acceptors (Lipinski definition) is 2. The summed E-state index contributed by atoms with van der Waals surface area (Å²) in [5.74, 6) is 0.328. The summed E-state index contributed by atoms with van der Waals surface area (Å²) in [5.41, 5.74) is 3.19. The normalized spacial score (nSPS) is 17.1. The SMILES string of the molecule is C[C@@H]1Cc2ccccc2N1C(=O)Cc1ccc(O)cc1. The van der Waals surface area contributed by atoms with Crippen LogP contribution in [0.15, 0.2) is 48.5 Å². The lowest BCUT2D eigenvalue weighted by Crippen LogP contribution is -2.36. The molecule has 0 saturated heterocycles. The Labute approximate surface area is 118 Å². The van der Waals surface area contributed by atoms with Gasteiger partial charge >= 0.3 is 0 Å². The number of nitrogens with zero attached hydrogens (tertiary/aromatic N) is 1. The largest absolute Gasteiger partial charge is 0.508 e. The number of phenolic OH excluding ortho intramolecular Hbond substituents is 1. The van der Waals surface area contributed by atoms with Crippen molar-refractivity contribution in [1.29, 1.82) is 0 Å². The third kappa shape index (κ3) is 2.27. The van der Waals surface area contributed by atoms with E-state index < -0.39 is 0 Å². The molecule has 2 aromatic rings. The summed E-state index contributed by atoms with van der Waals surface area (Å²) in [5, 5.41) is 9.28. The molecule has 1 heterocycles. The molecule has 0 spiro atoms. The lowest BCUT2D eigenvalue weighted by molar-refractivity contribution is -0.118. The fraction of sp³-hybridized carbons (Fsp3) is 0.235. The van der Waals surface area contributed by atoms with Gasteiger partial charge in [-0.25, -0.2) is 0 Å². The molecule has 1 atom stereocenters. The predicted octanol–water partition coefficient (Wildman–Crippen LogP) is 2.91. The molecule has 1 amide bonds. The second kappa shape index (κ2) is 5.00. The molecule has 20 heavy (non-hydrogen) atoms. The highest BCUT2D eigenvalue weighted by Crippen LogP contribution is 2.32. The lowest BCUT2D eigenvalue weighted by Gasteiger charge is -2.22. The van der Waals surface area contributed by atoms with Gasteiger partial charge in [-0.15, -0.1) is 0 Å². The van der Waals surface area contributed by atoms with Crippen LogP contribution in [0.2, 0.25) is 0 Å². The highest BCUT2D eigenvalue weighted by molar-refractivity contribution is 5.97. The number of hydrogen-bond donors (Lipinski definition) is 1. The minimum absolute atomic E-state index is 0.105. The summed E-state index contributed by atoms with van der Waals surface area (Å²) in [6.45, 7) is 2.08. The molecule has 1 aliphatic heterocycles. The number of benzene rings is 2. The van der Waals surface area contributed by atoms with Crippen LogP contribution in [0.3, 0.4) is 0 Å². The highest BCUT2D eigenvalue weighted by Gasteiger charge is 2.30. The molecule has 1 N–H and O–H groups in total. The van der Waals surface area contributed by atoms with Crippen LogP contribution in [-0.4, -0.2) is 17.1 Å². The van der Waals surface area contributed by atoms with Gasteiger partial charge in [0.1, 0.15) is 5.75 Å². The summed E-state index contributed by atoms with van der Waals surface area (Å²) >= 11 is 0. The monoisotopic (exact) mass is 267 g/mol. The van der Waals surface area contributed by atoms with Crippen molar-refractivity contribution in [2.75, 3.05) is 4.90 Å². The number of carbonyl (C=O) groups is 1. The molecule has 0 radical (unpaired) electrons. The van der Waals surface area contributed by atoms with Crippen LogP contribution in [0, 0.1) is 0 Å². The maximum Gasteiger partial charge on any atom is 0.231 e. The van der Waals surface area contributed by atoms with Gasteiger partial charge < -0.3 is 10.0 Å². The molecular weight excluding hydrogens is 250 g/mol. The van der Waals surface area contributed by atoms with Gasteiger partial charge in [0.05, 0.1) is 6.42 Å². The van der Waals surface area contributed by atoms with Gasteiger partial charge in [-0.2, -0.15) is 0 Å². The second-order valence-corrected chi connectivity index (χ2v) is 5.29. The smallest absolute Gasteiger partial charge is 0.231 e. The van der Waals surface area contributed by atoms with Crippen molar-refractivity contribution < 1.29 is 9.90 Å². The molecular formula is C17H17NO2. The Hall–Kier alpha value is -2.29. The number of phenols is 1. The number of amides is 1. The minimum Gasteiger partial charge on any atom is -0.508 e. The Kier molecular flexibility index (Phi) is 3.18. The maximum absolute atomic E-state index is 12.5. The standard InChI is InChI=1S/C17H17NO2/c1-12-10-14-4-2-3-5-16(14)18(12)17(20)11-13-6-8-15(19)9-7-13/h2-9,12,19H,10-11H2,1H3/t12-/m1/s1. The molecule has 0 unspecified atom stereocenters. The topological polar surface area (TPSA) is 40.5 Å². The summed E-state index contributed by atoms with van der Waals surface area (Å²) < 4.78 is 0. The average molecular weight is 267 g/mol. The van der Waals surface area contributed by atoms with Crippen LogP contribution in [-0.2, 0) is 17.6 Å². The summed E-state index contributed by atoms with van der Waals surface area (Å²) in [7, 11) is 0. The van der Waals surface area contributed by atoms with Gasteiger partial charge in [-0.05, 0) is 42.7 Å². The van der Waals surface area contributed by atoms with E-state index in [-0.39, 0.29) is 17.7 Å². The van der Waals surface area contributed by atoms with Crippen molar-refractivity contribution in [3.63, 3.8) is 0 Å². The molecule has 0 bridgehead atoms. The van der Waals surface area contributed by atoms with E-state index in [2.05, 4.69) is 13.0 Å². The fourth-order valence-electron chi connectivity index (χ4n) is 2.82. The lowest BCUT2D eigenvalue weighted by atomic mass is 10.1. The first-order valence-corrected chi connectivity index (χ1v) is 6.83. The van der Waals surface area contributed by atoms with E-state index in [4.69, 9.17) is 0 Å². The number of para-hydroxylation sites is 1. The molecule has 3 heteroatoms. The van der Waals surface area contributed by atoms with Crippen LogP contribution in [0.25, 0.3) is 0 Å². The van der Waals surface area contributed by atoms with Gasteiger partial charge in [-0.1, -0.05) is 30.3 Å². The van der Waals surface area contributed by atoms with Gasteiger partial charge in [0, 0.05) is 11.7 Å². The van der Waals surface area contributed by atoms with E-state index in [1.54, 1.807) is 24.3 Å². The first-order chi connectivity index (χ1) is 9.65. The van der Waals surface area contributed by atoms with Crippen LogP contribution in [0.5, 0.6) is 5.75 Å². The molecule has 0 aromatic heterocycles. The predicted molar refractivity (Wildman–Crippen MR) is 78.9 cm³/mol. The van der Waals surface area contributed by atoms with E-state index in [0.29, 0.717) is 6.42 Å². The molecule has 3 rings (SSSR count). The Morgan fingerprint density at radius 2 is 1.90 bits per heavy atom. The van der Waals surface area contributed by atoms with Crippen LogP contribution >= 0.6 is 0 Å². The van der Waals surface area contributed by atoms with Crippen molar-refractivity contribution in [3.05, 3.63) is 59.7 Å². The van der Waals surface area contributed by atoms with E-state index in [0.717, 1.165) is 17.7 Å². The van der Waals surface area contributed by atoms with Crippen molar-refractivity contribution in [1.82, 2.24) is 0 Å². The third-order valence-electron chi connectivity index (χ3n) is 3.77. The first-order valence-electron chi connectivity index (χ1n) is 6.83. The molecule has 2 aromatic carbocycles. The Bertz CT molecular complexity index is 634. The van der Waals surface area contributed by atoms with E-state index in [1.807, 2.05) is 23.1 Å². The number of fused-ring (bicyclic) bond motifs is 1.